The van der Waals surface area contributed by atoms with Crippen LogP contribution in [0.15, 0.2) is 22.6 Å². The van der Waals surface area contributed by atoms with Gasteiger partial charge in [-0.05, 0) is 11.4 Å². The summed E-state index contributed by atoms with van der Waals surface area (Å²) in [6.07, 6.45) is 1.07. The lowest BCUT2D eigenvalue weighted by molar-refractivity contribution is 0.813. The molecule has 0 radical (unpaired) electrons. The Morgan fingerprint density at radius 3 is 3.20 bits per heavy atom. The fraction of sp³-hybridized carbons (Fsp3) is 0.286. The molecule has 0 fully saturated rings. The molecule has 2 rings (SSSR count). The van der Waals surface area contributed by atoms with Gasteiger partial charge in [0.2, 0.25) is 0 Å². The van der Waals surface area contributed by atoms with Crippen LogP contribution in [0.5, 0.6) is 0 Å². The van der Waals surface area contributed by atoms with Gasteiger partial charge in [-0.2, -0.15) is 5.10 Å². The van der Waals surface area contributed by atoms with E-state index in [1.165, 1.54) is 10.6 Å². The van der Waals surface area contributed by atoms with Gasteiger partial charge in [-0.3, -0.25) is 0 Å². The lowest BCUT2D eigenvalue weighted by atomic mass is 10.2. The Morgan fingerprint density at radius 1 is 1.60 bits per heavy atom. The lowest BCUT2D eigenvalue weighted by Gasteiger charge is -1.88. The van der Waals surface area contributed by atoms with Crippen molar-refractivity contribution in [2.24, 2.45) is 5.10 Å². The average Bonchev–Trinajstić information content (AvgIpc) is 2.59. The van der Waals surface area contributed by atoms with Crippen molar-refractivity contribution in [1.82, 2.24) is 5.43 Å². The van der Waals surface area contributed by atoms with E-state index in [0.29, 0.717) is 0 Å². The molecule has 0 atom stereocenters. The van der Waals surface area contributed by atoms with Gasteiger partial charge in [0.1, 0.15) is 0 Å². The summed E-state index contributed by atoms with van der Waals surface area (Å²) >= 11 is 1.75. The van der Waals surface area contributed by atoms with Crippen LogP contribution in [0.3, 0.4) is 0 Å². The number of hydrogen-bond donors (Lipinski definition) is 1. The van der Waals surface area contributed by atoms with E-state index in [2.05, 4.69) is 28.0 Å². The molecule has 2 heterocycles. The predicted octanol–water partition coefficient (Wildman–Crippen LogP) is 1.45. The summed E-state index contributed by atoms with van der Waals surface area (Å²) in [7, 11) is 0. The zero-order chi connectivity index (χ0) is 6.81. The van der Waals surface area contributed by atoms with Crippen molar-refractivity contribution < 1.29 is 0 Å². The number of nitrogens with zero attached hydrogens (tertiary/aromatic N) is 1. The van der Waals surface area contributed by atoms with Crippen molar-refractivity contribution in [3.05, 3.63) is 22.4 Å². The van der Waals surface area contributed by atoms with Gasteiger partial charge in [-0.25, -0.2) is 0 Å². The number of nitrogens with one attached hydrogen (secondary N) is 1. The summed E-state index contributed by atoms with van der Waals surface area (Å²) in [6, 6.07) is 4.16. The second-order valence-corrected chi connectivity index (χ2v) is 3.14. The van der Waals surface area contributed by atoms with E-state index < -0.39 is 0 Å². The van der Waals surface area contributed by atoms with Crippen LogP contribution in [0, 0.1) is 0 Å². The summed E-state index contributed by atoms with van der Waals surface area (Å²) in [5, 5.41) is 6.23. The molecule has 0 saturated carbocycles. The minimum atomic E-state index is 0.993. The summed E-state index contributed by atoms with van der Waals surface area (Å²) in [5.41, 5.74) is 4.16. The fourth-order valence-corrected chi connectivity index (χ4v) is 1.75. The third-order valence-corrected chi connectivity index (χ3v) is 2.41. The van der Waals surface area contributed by atoms with Crippen molar-refractivity contribution in [3.63, 3.8) is 0 Å². The molecule has 10 heavy (non-hydrogen) atoms. The van der Waals surface area contributed by atoms with Crippen LogP contribution in [-0.4, -0.2) is 12.3 Å². The van der Waals surface area contributed by atoms with Crippen molar-refractivity contribution >= 4 is 17.0 Å². The molecule has 0 aliphatic carbocycles. The zero-order valence-electron chi connectivity index (χ0n) is 5.50. The van der Waals surface area contributed by atoms with Crippen LogP contribution >= 0.6 is 11.3 Å². The Balaban J connectivity index is 2.28. The maximum Gasteiger partial charge on any atom is 0.0792 e. The summed E-state index contributed by atoms with van der Waals surface area (Å²) in [6.45, 7) is 0.993. The van der Waals surface area contributed by atoms with Crippen LogP contribution in [-0.2, 0) is 0 Å². The third-order valence-electron chi connectivity index (χ3n) is 1.49. The third kappa shape index (κ3) is 0.926. The Hall–Kier alpha value is -0.830. The Labute approximate surface area is 63.6 Å². The van der Waals surface area contributed by atoms with Crippen LogP contribution in [0.1, 0.15) is 11.3 Å². The monoisotopic (exact) mass is 152 g/mol. The van der Waals surface area contributed by atoms with Gasteiger partial charge in [0.15, 0.2) is 0 Å². The highest BCUT2D eigenvalue weighted by atomic mass is 32.1. The molecule has 0 spiro atoms. The van der Waals surface area contributed by atoms with Gasteiger partial charge >= 0.3 is 0 Å². The first-order valence-corrected chi connectivity index (χ1v) is 4.18. The number of hydrogen-bond acceptors (Lipinski definition) is 3. The highest BCUT2D eigenvalue weighted by Gasteiger charge is 2.08. The topological polar surface area (TPSA) is 24.4 Å². The van der Waals surface area contributed by atoms with Gasteiger partial charge in [-0.1, -0.05) is 6.07 Å². The molecule has 1 aromatic heterocycles. The minimum absolute atomic E-state index is 0.993. The first-order valence-electron chi connectivity index (χ1n) is 3.30. The molecule has 1 aliphatic heterocycles. The van der Waals surface area contributed by atoms with E-state index in [4.69, 9.17) is 0 Å². The smallest absolute Gasteiger partial charge is 0.0792 e. The van der Waals surface area contributed by atoms with Crippen LogP contribution < -0.4 is 5.43 Å². The van der Waals surface area contributed by atoms with Crippen LogP contribution in [0.25, 0.3) is 0 Å². The van der Waals surface area contributed by atoms with Gasteiger partial charge in [-0.15, -0.1) is 11.3 Å². The summed E-state index contributed by atoms with van der Waals surface area (Å²) < 4.78 is 0. The summed E-state index contributed by atoms with van der Waals surface area (Å²) in [4.78, 5) is 1.30. The van der Waals surface area contributed by atoms with Crippen molar-refractivity contribution in [2.75, 3.05) is 6.54 Å². The average molecular weight is 152 g/mol. The molecular formula is C7H8N2S. The maximum absolute atomic E-state index is 4.16. The Kier molecular flexibility index (Phi) is 1.43. The van der Waals surface area contributed by atoms with E-state index >= 15 is 0 Å². The van der Waals surface area contributed by atoms with Crippen LogP contribution in [0.4, 0.5) is 0 Å². The first kappa shape index (κ1) is 5.92. The largest absolute Gasteiger partial charge is 0.309 e. The Bertz CT molecular complexity index is 238. The van der Waals surface area contributed by atoms with Gasteiger partial charge in [0, 0.05) is 13.0 Å². The van der Waals surface area contributed by atoms with E-state index in [-0.39, 0.29) is 0 Å². The molecule has 1 N–H and O–H groups in total. The van der Waals surface area contributed by atoms with E-state index in [0.717, 1.165) is 13.0 Å². The molecule has 0 amide bonds. The molecule has 52 valence electrons. The fourth-order valence-electron chi connectivity index (χ4n) is 1.00. The molecular weight excluding hydrogens is 144 g/mol. The molecule has 0 bridgehead atoms. The molecule has 3 heteroatoms. The molecule has 1 aromatic rings. The van der Waals surface area contributed by atoms with Crippen molar-refractivity contribution in [1.29, 1.82) is 0 Å². The van der Waals surface area contributed by atoms with E-state index in [1.807, 2.05) is 0 Å². The number of hydrazone groups is 1. The standard InChI is InChI=1S/C7H8N2S/c1-2-7(10-5-1)6-3-4-8-9-6/h1-2,5,8H,3-4H2. The second kappa shape index (κ2) is 2.42. The van der Waals surface area contributed by atoms with Gasteiger partial charge in [0.05, 0.1) is 10.6 Å². The van der Waals surface area contributed by atoms with Crippen molar-refractivity contribution in [3.8, 4) is 0 Å². The second-order valence-electron chi connectivity index (χ2n) is 2.19. The maximum atomic E-state index is 4.16. The highest BCUT2D eigenvalue weighted by Crippen LogP contribution is 2.13. The minimum Gasteiger partial charge on any atom is -0.309 e. The summed E-state index contributed by atoms with van der Waals surface area (Å²) in [5.74, 6) is 0. The SMILES string of the molecule is c1csc(C2=NNCC2)c1. The molecule has 0 aromatic carbocycles. The van der Waals surface area contributed by atoms with Gasteiger partial charge < -0.3 is 5.43 Å². The normalized spacial score (nSPS) is 16.6. The zero-order valence-corrected chi connectivity index (χ0v) is 6.32. The highest BCUT2D eigenvalue weighted by molar-refractivity contribution is 7.12. The van der Waals surface area contributed by atoms with E-state index in [9.17, 15) is 0 Å². The van der Waals surface area contributed by atoms with Gasteiger partial charge in [0.25, 0.3) is 0 Å². The number of rotatable bonds is 1. The molecule has 0 unspecified atom stereocenters. The van der Waals surface area contributed by atoms with E-state index in [1.54, 1.807) is 11.3 Å². The predicted molar refractivity (Wildman–Crippen MR) is 43.5 cm³/mol. The number of thiophene rings is 1. The lowest BCUT2D eigenvalue weighted by Crippen LogP contribution is -1.96. The molecule has 1 aliphatic rings. The molecule has 2 nitrogen and oxygen atoms in total. The van der Waals surface area contributed by atoms with Crippen LogP contribution in [0.2, 0.25) is 0 Å². The quantitative estimate of drug-likeness (QED) is 0.647. The first-order chi connectivity index (χ1) is 4.97. The molecule has 0 saturated heterocycles. The van der Waals surface area contributed by atoms with Crippen molar-refractivity contribution in [2.45, 2.75) is 6.42 Å². The Morgan fingerprint density at radius 2 is 2.60 bits per heavy atom.